The summed E-state index contributed by atoms with van der Waals surface area (Å²) in [6.45, 7) is -0.0552. The third-order valence-corrected chi connectivity index (χ3v) is 5.75. The van der Waals surface area contributed by atoms with Crippen molar-refractivity contribution in [1.29, 1.82) is 0 Å². The smallest absolute Gasteiger partial charge is 0.328 e. The molecule has 2 rings (SSSR count). The van der Waals surface area contributed by atoms with Crippen molar-refractivity contribution in [1.82, 2.24) is 16.0 Å². The molecule has 0 aliphatic heterocycles. The molecule has 0 fully saturated rings. The van der Waals surface area contributed by atoms with E-state index in [1.165, 1.54) is 7.11 Å². The molecule has 0 radical (unpaired) electrons. The monoisotopic (exact) mass is 539 g/mol. The number of aliphatic imine (C=N–C) groups is 1. The fourth-order valence-corrected chi connectivity index (χ4v) is 3.71. The maximum atomic E-state index is 13.3. The Morgan fingerprint density at radius 1 is 0.846 bits per heavy atom. The Bertz CT molecular complexity index is 1110. The van der Waals surface area contributed by atoms with Gasteiger partial charge in [0.15, 0.2) is 5.96 Å². The van der Waals surface area contributed by atoms with Crippen molar-refractivity contribution in [2.75, 3.05) is 20.2 Å². The van der Waals surface area contributed by atoms with Gasteiger partial charge in [0.05, 0.1) is 19.7 Å². The summed E-state index contributed by atoms with van der Waals surface area (Å²) in [6.07, 6.45) is 1.18. The Labute approximate surface area is 227 Å². The van der Waals surface area contributed by atoms with E-state index in [1.807, 2.05) is 60.7 Å². The Balaban J connectivity index is 2.02. The number of rotatable bonds is 15. The molecule has 0 heterocycles. The van der Waals surface area contributed by atoms with Gasteiger partial charge in [0.25, 0.3) is 0 Å². The lowest BCUT2D eigenvalue weighted by Crippen LogP contribution is -2.55. The van der Waals surface area contributed by atoms with E-state index in [0.29, 0.717) is 19.4 Å². The maximum absolute atomic E-state index is 13.3. The topological polar surface area (TPSA) is 204 Å². The van der Waals surface area contributed by atoms with Crippen molar-refractivity contribution in [3.8, 4) is 0 Å². The molecular weight excluding hydrogens is 502 g/mol. The highest BCUT2D eigenvalue weighted by molar-refractivity contribution is 5.93. The molecular formula is C27H37N7O5. The van der Waals surface area contributed by atoms with Crippen molar-refractivity contribution in [2.45, 2.75) is 43.8 Å². The van der Waals surface area contributed by atoms with Crippen LogP contribution in [0.3, 0.4) is 0 Å². The molecule has 2 aromatic carbocycles. The zero-order valence-corrected chi connectivity index (χ0v) is 22.0. The number of esters is 1. The summed E-state index contributed by atoms with van der Waals surface area (Å²) in [7, 11) is 1.24. The van der Waals surface area contributed by atoms with Crippen LogP contribution in [0, 0.1) is 0 Å². The van der Waals surface area contributed by atoms with E-state index in [9.17, 15) is 19.2 Å². The van der Waals surface area contributed by atoms with Gasteiger partial charge in [0.2, 0.25) is 17.7 Å². The van der Waals surface area contributed by atoms with Gasteiger partial charge in [-0.3, -0.25) is 19.4 Å². The number of ether oxygens (including phenoxy) is 1. The number of nitrogens with zero attached hydrogens (tertiary/aromatic N) is 1. The van der Waals surface area contributed by atoms with E-state index in [-0.39, 0.29) is 25.3 Å². The first-order valence-corrected chi connectivity index (χ1v) is 12.5. The van der Waals surface area contributed by atoms with Gasteiger partial charge in [-0.25, -0.2) is 4.79 Å². The van der Waals surface area contributed by atoms with Crippen LogP contribution in [0.2, 0.25) is 0 Å². The number of carbonyl (C=O) groups excluding carboxylic acids is 4. The SMILES string of the molecule is COC(=O)[C@H](Cc1ccccc1)NC(=O)[C@H](Cc1ccccc1)NC(=O)CNC(=O)[C@@H](N)CCCN=C(N)N. The van der Waals surface area contributed by atoms with E-state index in [1.54, 1.807) is 0 Å². The predicted molar refractivity (Wildman–Crippen MR) is 147 cm³/mol. The van der Waals surface area contributed by atoms with Crippen LogP contribution in [0.4, 0.5) is 0 Å². The summed E-state index contributed by atoms with van der Waals surface area (Å²) < 4.78 is 4.88. The first kappa shape index (κ1) is 30.8. The van der Waals surface area contributed by atoms with Crippen molar-refractivity contribution >= 4 is 29.7 Å². The maximum Gasteiger partial charge on any atom is 0.328 e. The summed E-state index contributed by atoms with van der Waals surface area (Å²) in [5, 5.41) is 7.82. The highest BCUT2D eigenvalue weighted by Gasteiger charge is 2.28. The van der Waals surface area contributed by atoms with Crippen LogP contribution in [0.5, 0.6) is 0 Å². The van der Waals surface area contributed by atoms with Crippen LogP contribution < -0.4 is 33.2 Å². The lowest BCUT2D eigenvalue weighted by molar-refractivity contribution is -0.145. The molecule has 0 aliphatic rings. The molecule has 0 saturated heterocycles. The molecule has 0 spiro atoms. The van der Waals surface area contributed by atoms with Crippen molar-refractivity contribution in [3.05, 3.63) is 71.8 Å². The second-order valence-corrected chi connectivity index (χ2v) is 8.86. The molecule has 39 heavy (non-hydrogen) atoms. The van der Waals surface area contributed by atoms with Gasteiger partial charge in [-0.05, 0) is 24.0 Å². The summed E-state index contributed by atoms with van der Waals surface area (Å²) >= 11 is 0. The number of methoxy groups -OCH3 is 1. The summed E-state index contributed by atoms with van der Waals surface area (Å²) in [5.41, 5.74) is 18.0. The third-order valence-electron chi connectivity index (χ3n) is 5.75. The van der Waals surface area contributed by atoms with Gasteiger partial charge in [-0.2, -0.15) is 0 Å². The van der Waals surface area contributed by atoms with Crippen LogP contribution in [-0.4, -0.2) is 68.0 Å². The summed E-state index contributed by atoms with van der Waals surface area (Å²) in [4.78, 5) is 54.5. The molecule has 0 saturated carbocycles. The average molecular weight is 540 g/mol. The van der Waals surface area contributed by atoms with Crippen molar-refractivity contribution in [3.63, 3.8) is 0 Å². The Morgan fingerprint density at radius 2 is 1.41 bits per heavy atom. The fourth-order valence-electron chi connectivity index (χ4n) is 3.71. The van der Waals surface area contributed by atoms with E-state index >= 15 is 0 Å². The van der Waals surface area contributed by atoms with Crippen molar-refractivity contribution in [2.24, 2.45) is 22.2 Å². The van der Waals surface area contributed by atoms with Crippen LogP contribution >= 0.6 is 0 Å². The van der Waals surface area contributed by atoms with Crippen LogP contribution in [0.25, 0.3) is 0 Å². The standard InChI is InChI=1S/C27H37N7O5/c1-39-26(38)22(16-19-11-6-3-7-12-19)34-25(37)21(15-18-9-4-2-5-10-18)33-23(35)17-32-24(36)20(28)13-8-14-31-27(29)30/h2-7,9-12,20-22H,8,13-17,28H2,1H3,(H,32,36)(H,33,35)(H,34,37)(H4,29,30,31)/t20-,21-,22-/m0/s1. The fraction of sp³-hybridized carbons (Fsp3) is 0.370. The quantitative estimate of drug-likeness (QED) is 0.0723. The van der Waals surface area contributed by atoms with Gasteiger partial charge >= 0.3 is 5.97 Å². The van der Waals surface area contributed by atoms with E-state index < -0.39 is 41.8 Å². The zero-order valence-electron chi connectivity index (χ0n) is 22.0. The van der Waals surface area contributed by atoms with Crippen LogP contribution in [-0.2, 0) is 36.8 Å². The largest absolute Gasteiger partial charge is 0.467 e. The summed E-state index contributed by atoms with van der Waals surface area (Å²) in [6, 6.07) is 15.4. The Hall–Kier alpha value is -4.45. The van der Waals surface area contributed by atoms with Gasteiger partial charge in [-0.1, -0.05) is 60.7 Å². The van der Waals surface area contributed by atoms with Crippen LogP contribution in [0.1, 0.15) is 24.0 Å². The van der Waals surface area contributed by atoms with Gasteiger partial charge < -0.3 is 37.9 Å². The average Bonchev–Trinajstić information content (AvgIpc) is 2.93. The first-order valence-electron chi connectivity index (χ1n) is 12.5. The van der Waals surface area contributed by atoms with Gasteiger partial charge in [-0.15, -0.1) is 0 Å². The number of amides is 3. The van der Waals surface area contributed by atoms with Gasteiger partial charge in [0, 0.05) is 19.4 Å². The third kappa shape index (κ3) is 11.6. The number of nitrogens with two attached hydrogens (primary N) is 3. The minimum Gasteiger partial charge on any atom is -0.467 e. The zero-order chi connectivity index (χ0) is 28.6. The number of hydrogen-bond acceptors (Lipinski definition) is 7. The lowest BCUT2D eigenvalue weighted by atomic mass is 10.0. The molecule has 12 nitrogen and oxygen atoms in total. The van der Waals surface area contributed by atoms with E-state index in [0.717, 1.165) is 11.1 Å². The molecule has 3 amide bonds. The second kappa shape index (κ2) is 16.4. The second-order valence-electron chi connectivity index (χ2n) is 8.86. The van der Waals surface area contributed by atoms with Gasteiger partial charge in [0.1, 0.15) is 12.1 Å². The first-order chi connectivity index (χ1) is 18.7. The molecule has 0 aliphatic carbocycles. The number of carbonyl (C=O) groups is 4. The minimum absolute atomic E-state index is 0.0447. The number of benzene rings is 2. The van der Waals surface area contributed by atoms with Crippen molar-refractivity contribution < 1.29 is 23.9 Å². The highest BCUT2D eigenvalue weighted by atomic mass is 16.5. The molecule has 0 bridgehead atoms. The number of hydrogen-bond donors (Lipinski definition) is 6. The Morgan fingerprint density at radius 3 is 1.95 bits per heavy atom. The normalized spacial score (nSPS) is 12.8. The number of nitrogens with one attached hydrogen (secondary N) is 3. The van der Waals surface area contributed by atoms with E-state index in [2.05, 4.69) is 20.9 Å². The molecule has 0 unspecified atom stereocenters. The van der Waals surface area contributed by atoms with E-state index in [4.69, 9.17) is 21.9 Å². The molecule has 0 aromatic heterocycles. The van der Waals surface area contributed by atoms with Crippen LogP contribution in [0.15, 0.2) is 65.7 Å². The molecule has 12 heteroatoms. The molecule has 2 aromatic rings. The Kier molecular flexibility index (Phi) is 12.9. The highest BCUT2D eigenvalue weighted by Crippen LogP contribution is 2.08. The summed E-state index contributed by atoms with van der Waals surface area (Å²) in [5.74, 6) is -2.34. The molecule has 9 N–H and O–H groups in total. The minimum atomic E-state index is -1.02. The predicted octanol–water partition coefficient (Wildman–Crippen LogP) is -0.888. The molecule has 3 atom stereocenters. The number of guanidine groups is 1. The lowest BCUT2D eigenvalue weighted by Gasteiger charge is -2.23. The molecule has 210 valence electrons.